The maximum absolute atomic E-state index is 14.3. The van der Waals surface area contributed by atoms with E-state index in [2.05, 4.69) is 9.71 Å². The van der Waals surface area contributed by atoms with Gasteiger partial charge in [-0.3, -0.25) is 4.79 Å². The molecule has 0 aliphatic rings. The van der Waals surface area contributed by atoms with Gasteiger partial charge in [0.2, 0.25) is 5.95 Å². The van der Waals surface area contributed by atoms with Gasteiger partial charge in [-0.25, -0.2) is 13.8 Å². The molecule has 4 aromatic rings. The summed E-state index contributed by atoms with van der Waals surface area (Å²) in [5.74, 6) is -2.15. The molecule has 1 N–H and O–H groups in total. The molecule has 2 aromatic carbocycles. The molecular formula is C25H20F3N3OS2. The molecule has 0 saturated heterocycles. The minimum atomic E-state index is -0.737. The molecule has 0 unspecified atom stereocenters. The summed E-state index contributed by atoms with van der Waals surface area (Å²) in [5, 5.41) is 0. The number of hydrogen-bond acceptors (Lipinski definition) is 6. The van der Waals surface area contributed by atoms with E-state index in [1.807, 2.05) is 49.3 Å². The highest BCUT2D eigenvalue weighted by atomic mass is 32.2. The summed E-state index contributed by atoms with van der Waals surface area (Å²) in [4.78, 5) is 19.2. The molecule has 0 spiro atoms. The highest BCUT2D eigenvalue weighted by molar-refractivity contribution is 8.00. The van der Waals surface area contributed by atoms with Gasteiger partial charge in [0.1, 0.15) is 23.6 Å². The van der Waals surface area contributed by atoms with Gasteiger partial charge < -0.3 is 9.62 Å². The number of pyridine rings is 1. The van der Waals surface area contributed by atoms with E-state index < -0.39 is 17.6 Å². The number of nitrogens with one attached hydrogen (secondary N) is 1. The average Bonchev–Trinajstić information content (AvgIpc) is 3.29. The van der Waals surface area contributed by atoms with Crippen molar-refractivity contribution in [1.29, 1.82) is 0 Å². The lowest BCUT2D eigenvalue weighted by Crippen LogP contribution is -2.12. The van der Waals surface area contributed by atoms with Crippen LogP contribution in [0.4, 0.5) is 18.9 Å². The summed E-state index contributed by atoms with van der Waals surface area (Å²) in [6, 6.07) is 14.4. The topological polar surface area (TPSA) is 45.2 Å². The first-order valence-electron chi connectivity index (χ1n) is 10.2. The first kappa shape index (κ1) is 24.0. The zero-order valence-electron chi connectivity index (χ0n) is 18.3. The van der Waals surface area contributed by atoms with Gasteiger partial charge in [0.25, 0.3) is 0 Å². The summed E-state index contributed by atoms with van der Waals surface area (Å²) in [7, 11) is 3.89. The van der Waals surface area contributed by atoms with E-state index >= 15 is 0 Å². The van der Waals surface area contributed by atoms with Crippen molar-refractivity contribution in [1.82, 2.24) is 9.88 Å². The van der Waals surface area contributed by atoms with Gasteiger partial charge in [-0.2, -0.15) is 4.39 Å². The number of rotatable bonds is 8. The Kier molecular flexibility index (Phi) is 7.35. The third-order valence-electron chi connectivity index (χ3n) is 4.94. The predicted octanol–water partition coefficient (Wildman–Crippen LogP) is 6.89. The second-order valence-electron chi connectivity index (χ2n) is 7.77. The predicted molar refractivity (Wildman–Crippen MR) is 132 cm³/mol. The van der Waals surface area contributed by atoms with Crippen molar-refractivity contribution in [2.75, 3.05) is 18.8 Å². The molecule has 0 aliphatic heterocycles. The number of carbonyl (C=O) groups is 1. The van der Waals surface area contributed by atoms with Crippen molar-refractivity contribution in [3.8, 4) is 20.9 Å². The summed E-state index contributed by atoms with van der Waals surface area (Å²) in [6.45, 7) is 0.642. The number of anilines is 1. The van der Waals surface area contributed by atoms with Crippen LogP contribution in [0, 0.1) is 17.6 Å². The van der Waals surface area contributed by atoms with E-state index in [-0.39, 0.29) is 10.6 Å². The summed E-state index contributed by atoms with van der Waals surface area (Å²) < 4.78 is 44.0. The average molecular weight is 500 g/mol. The molecule has 4 rings (SSSR count). The Morgan fingerprint density at radius 1 is 1.00 bits per heavy atom. The lowest BCUT2D eigenvalue weighted by molar-refractivity contribution is 0.112. The zero-order valence-corrected chi connectivity index (χ0v) is 19.9. The molecule has 0 fully saturated rings. The minimum absolute atomic E-state index is 0.0878. The molecule has 0 aliphatic carbocycles. The van der Waals surface area contributed by atoms with Crippen molar-refractivity contribution in [3.63, 3.8) is 0 Å². The van der Waals surface area contributed by atoms with Crippen LogP contribution >= 0.6 is 23.3 Å². The Balaban J connectivity index is 1.57. The van der Waals surface area contributed by atoms with Crippen LogP contribution < -0.4 is 4.72 Å². The number of nitrogens with zero attached hydrogens (tertiary/aromatic N) is 2. The fourth-order valence-electron chi connectivity index (χ4n) is 3.32. The Labute approximate surface area is 203 Å². The summed E-state index contributed by atoms with van der Waals surface area (Å²) >= 11 is 2.35. The lowest BCUT2D eigenvalue weighted by atomic mass is 10.0. The van der Waals surface area contributed by atoms with E-state index in [1.54, 1.807) is 6.07 Å². The Morgan fingerprint density at radius 3 is 2.47 bits per heavy atom. The van der Waals surface area contributed by atoms with Gasteiger partial charge in [-0.15, -0.1) is 11.3 Å². The lowest BCUT2D eigenvalue weighted by Gasteiger charge is -2.12. The Hall–Kier alpha value is -3.14. The molecule has 2 aromatic heterocycles. The van der Waals surface area contributed by atoms with Gasteiger partial charge >= 0.3 is 0 Å². The van der Waals surface area contributed by atoms with Crippen molar-refractivity contribution in [2.24, 2.45) is 0 Å². The van der Waals surface area contributed by atoms with Crippen LogP contribution in [0.25, 0.3) is 20.9 Å². The molecule has 9 heteroatoms. The third-order valence-corrected chi connectivity index (χ3v) is 6.99. The maximum atomic E-state index is 14.3. The molecule has 0 radical (unpaired) electrons. The standard InChI is InChI=1S/C25H20F3N3OS2/c1-31(2)13-18-9-15(3-4-16(18)14-32)22-7-8-23(33-22)17-10-21(25(28)29-12-17)30-34-24-6-5-19(26)11-20(24)27/h3-12,14,30H,13H2,1-2H3. The van der Waals surface area contributed by atoms with Crippen LogP contribution in [0.1, 0.15) is 15.9 Å². The highest BCUT2D eigenvalue weighted by Gasteiger charge is 2.13. The number of carbonyl (C=O) groups excluding carboxylic acids is 1. The van der Waals surface area contributed by atoms with Gasteiger partial charge in [-0.05, 0) is 73.6 Å². The number of aromatic nitrogens is 1. The van der Waals surface area contributed by atoms with E-state index in [9.17, 15) is 18.0 Å². The molecule has 0 saturated carbocycles. The van der Waals surface area contributed by atoms with Crippen LogP contribution in [-0.2, 0) is 6.54 Å². The highest BCUT2D eigenvalue weighted by Crippen LogP contribution is 2.36. The molecule has 174 valence electrons. The van der Waals surface area contributed by atoms with Crippen molar-refractivity contribution in [2.45, 2.75) is 11.4 Å². The molecule has 0 amide bonds. The zero-order chi connectivity index (χ0) is 24.2. The number of thiophene rings is 1. The van der Waals surface area contributed by atoms with Crippen LogP contribution in [0.3, 0.4) is 0 Å². The monoisotopic (exact) mass is 499 g/mol. The normalized spacial score (nSPS) is 11.1. The van der Waals surface area contributed by atoms with Crippen LogP contribution in [-0.4, -0.2) is 30.3 Å². The van der Waals surface area contributed by atoms with Crippen molar-refractivity contribution < 1.29 is 18.0 Å². The number of benzene rings is 2. The first-order valence-corrected chi connectivity index (χ1v) is 11.8. The molecular weight excluding hydrogens is 479 g/mol. The first-order chi connectivity index (χ1) is 16.3. The second kappa shape index (κ2) is 10.4. The molecule has 0 bridgehead atoms. The molecule has 4 nitrogen and oxygen atoms in total. The minimum Gasteiger partial charge on any atom is -0.322 e. The maximum Gasteiger partial charge on any atom is 0.237 e. The van der Waals surface area contributed by atoms with Crippen molar-refractivity contribution >= 4 is 35.3 Å². The number of aldehydes is 1. The fourth-order valence-corrected chi connectivity index (χ4v) is 4.96. The van der Waals surface area contributed by atoms with Gasteiger partial charge in [-0.1, -0.05) is 12.1 Å². The van der Waals surface area contributed by atoms with Gasteiger partial charge in [0, 0.05) is 39.7 Å². The van der Waals surface area contributed by atoms with E-state index in [4.69, 9.17) is 0 Å². The van der Waals surface area contributed by atoms with Crippen LogP contribution in [0.2, 0.25) is 0 Å². The number of hydrogen-bond donors (Lipinski definition) is 1. The molecule has 34 heavy (non-hydrogen) atoms. The van der Waals surface area contributed by atoms with Crippen LogP contribution in [0.15, 0.2) is 65.7 Å². The fraction of sp³-hybridized carbons (Fsp3) is 0.120. The Bertz CT molecular complexity index is 1340. The third kappa shape index (κ3) is 5.49. The summed E-state index contributed by atoms with van der Waals surface area (Å²) in [5.41, 5.74) is 3.35. The smallest absolute Gasteiger partial charge is 0.237 e. The largest absolute Gasteiger partial charge is 0.322 e. The van der Waals surface area contributed by atoms with Gasteiger partial charge in [0.15, 0.2) is 0 Å². The molecule has 2 heterocycles. The van der Waals surface area contributed by atoms with E-state index in [1.165, 1.54) is 23.6 Å². The number of halogens is 3. The SMILES string of the molecule is CN(C)Cc1cc(-c2ccc(-c3cnc(F)c(NSc4ccc(F)cc4F)c3)s2)ccc1C=O. The van der Waals surface area contributed by atoms with Crippen molar-refractivity contribution in [3.05, 3.63) is 89.5 Å². The Morgan fingerprint density at radius 2 is 1.76 bits per heavy atom. The molecule has 0 atom stereocenters. The van der Waals surface area contributed by atoms with E-state index in [0.29, 0.717) is 17.7 Å². The van der Waals surface area contributed by atoms with E-state index in [0.717, 1.165) is 51.2 Å². The van der Waals surface area contributed by atoms with Crippen LogP contribution in [0.5, 0.6) is 0 Å². The van der Waals surface area contributed by atoms with Gasteiger partial charge in [0.05, 0.1) is 4.90 Å². The second-order valence-corrected chi connectivity index (χ2v) is 9.71. The summed E-state index contributed by atoms with van der Waals surface area (Å²) in [6.07, 6.45) is 2.29. The quantitative estimate of drug-likeness (QED) is 0.163.